The summed E-state index contributed by atoms with van der Waals surface area (Å²) in [6.45, 7) is 21.3. The Bertz CT molecular complexity index is 2500. The Kier molecular flexibility index (Phi) is 19.7. The lowest BCUT2D eigenvalue weighted by atomic mass is 10.00. The number of carbonyl (C=O) groups excluding carboxylic acids is 4. The number of nitrogens with zero attached hydrogens (tertiary/aromatic N) is 6. The molecule has 2 aliphatic rings. The van der Waals surface area contributed by atoms with Gasteiger partial charge in [0, 0.05) is 59.3 Å². The van der Waals surface area contributed by atoms with Crippen molar-refractivity contribution < 1.29 is 19.2 Å². The van der Waals surface area contributed by atoms with E-state index in [2.05, 4.69) is 49.5 Å². The molecule has 5 heterocycles. The van der Waals surface area contributed by atoms with Crippen molar-refractivity contribution in [2.24, 2.45) is 4.99 Å². The number of amides is 4. The van der Waals surface area contributed by atoms with E-state index in [9.17, 15) is 19.2 Å². The molecule has 0 radical (unpaired) electrons. The van der Waals surface area contributed by atoms with Crippen molar-refractivity contribution in [2.45, 2.75) is 138 Å². The Labute approximate surface area is 413 Å². The molecule has 0 aliphatic carbocycles. The first-order valence-corrected chi connectivity index (χ1v) is 26.2. The average Bonchev–Trinajstić information content (AvgIpc) is 4.10. The molecule has 2 aromatic carbocycles. The van der Waals surface area contributed by atoms with Crippen LogP contribution in [-0.2, 0) is 32.3 Å². The van der Waals surface area contributed by atoms with Crippen LogP contribution in [0.2, 0.25) is 5.02 Å². The van der Waals surface area contributed by atoms with E-state index in [-0.39, 0.29) is 23.6 Å². The highest BCUT2D eigenvalue weighted by Gasteiger charge is 2.43. The van der Waals surface area contributed by atoms with Crippen LogP contribution >= 0.6 is 46.0 Å². The van der Waals surface area contributed by atoms with Crippen LogP contribution in [0.3, 0.4) is 0 Å². The van der Waals surface area contributed by atoms with Crippen LogP contribution in [-0.4, -0.2) is 89.7 Å². The first kappa shape index (κ1) is 53.1. The summed E-state index contributed by atoms with van der Waals surface area (Å²) in [7, 11) is 0. The number of hydrogen-bond acceptors (Lipinski definition) is 11. The number of thioether (sulfide) groups is 1. The second-order valence-electron chi connectivity index (χ2n) is 17.0. The van der Waals surface area contributed by atoms with E-state index in [4.69, 9.17) is 16.6 Å². The maximum Gasteiger partial charge on any atom is 0.247 e. The number of carbonyl (C=O) groups is 4. The zero-order valence-electron chi connectivity index (χ0n) is 40.5. The molecule has 2 aliphatic heterocycles. The zero-order valence-corrected chi connectivity index (χ0v) is 43.8. The van der Waals surface area contributed by atoms with Crippen LogP contribution in [0.1, 0.15) is 125 Å². The third-order valence-electron chi connectivity index (χ3n) is 11.7. The molecule has 0 saturated carbocycles. The van der Waals surface area contributed by atoms with Gasteiger partial charge in [-0.25, -0.2) is 4.98 Å². The predicted molar refractivity (Wildman–Crippen MR) is 276 cm³/mol. The van der Waals surface area contributed by atoms with Gasteiger partial charge in [0.1, 0.15) is 29.5 Å². The number of nitrogens with one attached hydrogen (secondary N) is 3. The van der Waals surface area contributed by atoms with Gasteiger partial charge in [0.05, 0.1) is 21.8 Å². The molecule has 13 nitrogen and oxygen atoms in total. The summed E-state index contributed by atoms with van der Waals surface area (Å²) in [5, 5.41) is 19.1. The molecule has 2 atom stereocenters. The van der Waals surface area contributed by atoms with Crippen molar-refractivity contribution in [3.05, 3.63) is 104 Å². The molecule has 360 valence electrons. The van der Waals surface area contributed by atoms with Crippen LogP contribution in [0.4, 0.5) is 0 Å². The number of aryl methyl sites for hydroxylation is 3. The maximum atomic E-state index is 13.8. The van der Waals surface area contributed by atoms with Gasteiger partial charge in [0.2, 0.25) is 23.6 Å². The number of hydrogen-bond donors (Lipinski definition) is 3. The highest BCUT2D eigenvalue weighted by molar-refractivity contribution is 8.00. The summed E-state index contributed by atoms with van der Waals surface area (Å²) in [6.07, 6.45) is 5.32. The van der Waals surface area contributed by atoms with Crippen LogP contribution in [0.15, 0.2) is 59.0 Å². The smallest absolute Gasteiger partial charge is 0.247 e. The lowest BCUT2D eigenvalue weighted by molar-refractivity contribution is -0.141. The Balaban J connectivity index is 0.000000280. The van der Waals surface area contributed by atoms with Crippen molar-refractivity contribution in [3.8, 4) is 15.4 Å². The lowest BCUT2D eigenvalue weighted by Crippen LogP contribution is -2.59. The summed E-state index contributed by atoms with van der Waals surface area (Å²) >= 11 is 11.1. The Hall–Kier alpha value is -4.90. The first-order chi connectivity index (χ1) is 32.0. The molecule has 7 rings (SSSR count). The fourth-order valence-electron chi connectivity index (χ4n) is 8.02. The minimum Gasteiger partial charge on any atom is -0.356 e. The number of likely N-dealkylation sites (tertiary alicyclic amines) is 1. The van der Waals surface area contributed by atoms with E-state index in [0.29, 0.717) is 32.6 Å². The fourth-order valence-corrected chi connectivity index (χ4v) is 11.4. The summed E-state index contributed by atoms with van der Waals surface area (Å²) in [4.78, 5) is 63.4. The Morgan fingerprint density at radius 3 is 2.24 bits per heavy atom. The monoisotopic (exact) mass is 987 g/mol. The van der Waals surface area contributed by atoms with Crippen LogP contribution in [0.5, 0.6) is 0 Å². The lowest BCUT2D eigenvalue weighted by Gasteiger charge is -2.37. The van der Waals surface area contributed by atoms with E-state index in [1.807, 2.05) is 95.6 Å². The van der Waals surface area contributed by atoms with E-state index >= 15 is 0 Å². The van der Waals surface area contributed by atoms with Crippen LogP contribution in [0, 0.1) is 27.7 Å². The molecule has 1 saturated heterocycles. The van der Waals surface area contributed by atoms with Gasteiger partial charge in [-0.15, -0.1) is 32.9 Å². The highest BCUT2D eigenvalue weighted by atomic mass is 35.5. The standard InChI is InChI=1S/C31H45N5O4S2.C17H15ClN4S.C2H6/c1-21-27(41-20-34-21)25-14-12-24(13-15-25)19-33-29(39)26-11-10-17-36(26)30(40)28(35-23(3)38)31(4,5)42-18-9-7-6-8-16-32-22(2)37;1-9-10(2)23-17-15(9)16(12-4-6-13(18)7-5-12)19-8-14-21-20-11(3)22(14)17;1-2/h12-15,20,26,28H,6-11,16-19H2,1-5H3,(H,32,37)(H,33,39)(H,35,38);4-7H,8H2,1-3H3;1-2H3. The van der Waals surface area contributed by atoms with Crippen molar-refractivity contribution in [3.63, 3.8) is 0 Å². The van der Waals surface area contributed by atoms with Gasteiger partial charge in [-0.05, 0) is 102 Å². The summed E-state index contributed by atoms with van der Waals surface area (Å²) in [5.41, 5.74) is 9.44. The second-order valence-corrected chi connectivity index (χ2v) is 21.2. The first-order valence-electron chi connectivity index (χ1n) is 23.1. The minimum absolute atomic E-state index is 0.00775. The summed E-state index contributed by atoms with van der Waals surface area (Å²) in [5.74, 6) is 1.98. The number of aromatic nitrogens is 4. The van der Waals surface area contributed by atoms with E-state index in [1.54, 1.807) is 39.3 Å². The number of unbranched alkanes of at least 4 members (excludes halogenated alkanes) is 3. The molecule has 0 bridgehead atoms. The van der Waals surface area contributed by atoms with Gasteiger partial charge in [-0.3, -0.25) is 28.7 Å². The van der Waals surface area contributed by atoms with Gasteiger partial charge < -0.3 is 20.9 Å². The molecule has 4 amide bonds. The fraction of sp³-hybridized carbons (Fsp3) is 0.480. The number of benzene rings is 2. The molecule has 67 heavy (non-hydrogen) atoms. The third-order valence-corrected chi connectivity index (χ3v) is 15.6. The average molecular weight is 989 g/mol. The molecule has 5 aromatic rings. The second kappa shape index (κ2) is 24.9. The number of fused-ring (bicyclic) bond motifs is 3. The number of halogens is 1. The molecule has 3 aromatic heterocycles. The number of rotatable bonds is 16. The topological polar surface area (TPSA) is 164 Å². The molecule has 1 fully saturated rings. The molecule has 3 N–H and O–H groups in total. The van der Waals surface area contributed by atoms with E-state index < -0.39 is 16.8 Å². The maximum absolute atomic E-state index is 13.8. The van der Waals surface area contributed by atoms with E-state index in [1.165, 1.54) is 29.9 Å². The quantitative estimate of drug-likeness (QED) is 0.0823. The van der Waals surface area contributed by atoms with Gasteiger partial charge in [0.15, 0.2) is 5.82 Å². The Morgan fingerprint density at radius 1 is 0.896 bits per heavy atom. The van der Waals surface area contributed by atoms with Gasteiger partial charge in [-0.1, -0.05) is 74.7 Å². The summed E-state index contributed by atoms with van der Waals surface area (Å²) in [6, 6.07) is 14.6. The molecular weight excluding hydrogens is 922 g/mol. The summed E-state index contributed by atoms with van der Waals surface area (Å²) < 4.78 is 1.58. The normalized spacial score (nSPS) is 14.5. The molecule has 2 unspecified atom stereocenters. The molecular formula is C50H66ClN9O4S3. The predicted octanol–water partition coefficient (Wildman–Crippen LogP) is 9.72. The van der Waals surface area contributed by atoms with Crippen LogP contribution in [0.25, 0.3) is 15.4 Å². The third kappa shape index (κ3) is 13.9. The van der Waals surface area contributed by atoms with Gasteiger partial charge in [-0.2, -0.15) is 11.8 Å². The largest absolute Gasteiger partial charge is 0.356 e. The molecule has 0 spiro atoms. The van der Waals surface area contributed by atoms with Crippen molar-refractivity contribution in [1.82, 2.24) is 40.6 Å². The van der Waals surface area contributed by atoms with Crippen molar-refractivity contribution in [2.75, 3.05) is 18.8 Å². The van der Waals surface area contributed by atoms with Crippen LogP contribution < -0.4 is 16.0 Å². The number of aliphatic imine (C=N–C) groups is 1. The Morgan fingerprint density at radius 2 is 1.58 bits per heavy atom. The van der Waals surface area contributed by atoms with Gasteiger partial charge >= 0.3 is 0 Å². The van der Waals surface area contributed by atoms with Gasteiger partial charge in [0.25, 0.3) is 0 Å². The SMILES string of the molecule is CC.CC(=O)NCCCCCCSC(C)(C)C(NC(C)=O)C(=O)N1CCCC1C(=O)NCc1ccc(-c2scnc2C)cc1.Cc1sc2c(c1C)C(c1ccc(Cl)cc1)=NCc1nnc(C)n1-2. The number of thiazole rings is 1. The van der Waals surface area contributed by atoms with Crippen molar-refractivity contribution in [1.29, 1.82) is 0 Å². The van der Waals surface area contributed by atoms with E-state index in [0.717, 1.165) is 92.5 Å². The van der Waals surface area contributed by atoms with Crippen molar-refractivity contribution >= 4 is 75.4 Å². The highest BCUT2D eigenvalue weighted by Crippen LogP contribution is 2.37. The number of thiophene rings is 1. The molecule has 17 heteroatoms. The zero-order chi connectivity index (χ0) is 48.8. The minimum atomic E-state index is -0.740.